The molecule has 146 valence electrons. The molecule has 1 heterocycles. The second-order valence-electron chi connectivity index (χ2n) is 7.21. The van der Waals surface area contributed by atoms with Gasteiger partial charge < -0.3 is 9.47 Å². The second-order valence-corrected chi connectivity index (χ2v) is 9.48. The molecule has 27 heavy (non-hydrogen) atoms. The van der Waals surface area contributed by atoms with E-state index in [2.05, 4.69) is 35.9 Å². The van der Waals surface area contributed by atoms with Crippen LogP contribution < -0.4 is 9.46 Å². The summed E-state index contributed by atoms with van der Waals surface area (Å²) < 4.78 is 38.4. The van der Waals surface area contributed by atoms with Crippen molar-refractivity contribution in [3.63, 3.8) is 0 Å². The first-order chi connectivity index (χ1) is 12.9. The Bertz CT molecular complexity index is 834. The molecule has 1 aliphatic rings. The number of benzene rings is 2. The van der Waals surface area contributed by atoms with Gasteiger partial charge in [0.15, 0.2) is 0 Å². The molecule has 6 heteroatoms. The van der Waals surface area contributed by atoms with Crippen LogP contribution in [-0.4, -0.2) is 39.0 Å². The van der Waals surface area contributed by atoms with Crippen molar-refractivity contribution in [2.75, 3.05) is 13.2 Å². The van der Waals surface area contributed by atoms with Crippen molar-refractivity contribution >= 4 is 10.0 Å². The largest absolute Gasteiger partial charge is 0.486 e. The molecule has 0 aromatic heterocycles. The van der Waals surface area contributed by atoms with Crippen molar-refractivity contribution in [2.24, 2.45) is 0 Å². The van der Waals surface area contributed by atoms with E-state index in [1.165, 1.54) is 11.1 Å². The van der Waals surface area contributed by atoms with Gasteiger partial charge in [0.25, 0.3) is 0 Å². The zero-order valence-electron chi connectivity index (χ0n) is 16.0. The third-order valence-electron chi connectivity index (χ3n) is 4.93. The molecule has 0 spiro atoms. The van der Waals surface area contributed by atoms with E-state index >= 15 is 0 Å². The lowest BCUT2D eigenvalue weighted by Crippen LogP contribution is -2.47. The van der Waals surface area contributed by atoms with Crippen LogP contribution in [0.2, 0.25) is 0 Å². The summed E-state index contributed by atoms with van der Waals surface area (Å²) in [5.74, 6) is 1.00. The quantitative estimate of drug-likeness (QED) is 0.789. The van der Waals surface area contributed by atoms with E-state index in [9.17, 15) is 8.42 Å². The first-order valence-electron chi connectivity index (χ1n) is 9.27. The van der Waals surface area contributed by atoms with Crippen molar-refractivity contribution in [3.05, 3.63) is 65.7 Å². The van der Waals surface area contributed by atoms with Gasteiger partial charge in [-0.2, -0.15) is 0 Å². The van der Waals surface area contributed by atoms with E-state index in [1.807, 2.05) is 30.3 Å². The van der Waals surface area contributed by atoms with Gasteiger partial charge in [-0.1, -0.05) is 49.4 Å². The predicted molar refractivity (Wildman–Crippen MR) is 107 cm³/mol. The highest BCUT2D eigenvalue weighted by atomic mass is 32.2. The average Bonchev–Trinajstić information content (AvgIpc) is 3.08. The summed E-state index contributed by atoms with van der Waals surface area (Å²) in [7, 11) is -3.37. The minimum atomic E-state index is -3.37. The fraction of sp³-hybridized carbons (Fsp3) is 0.429. The minimum absolute atomic E-state index is 0.292. The van der Waals surface area contributed by atoms with Crippen molar-refractivity contribution in [2.45, 2.75) is 44.1 Å². The average molecular weight is 390 g/mol. The Labute approximate surface area is 161 Å². The van der Waals surface area contributed by atoms with Gasteiger partial charge in [-0.15, -0.1) is 0 Å². The van der Waals surface area contributed by atoms with Crippen LogP contribution in [0.15, 0.2) is 54.6 Å². The van der Waals surface area contributed by atoms with Gasteiger partial charge in [0, 0.05) is 5.92 Å². The lowest BCUT2D eigenvalue weighted by Gasteiger charge is -2.22. The van der Waals surface area contributed by atoms with Crippen LogP contribution in [0.5, 0.6) is 5.75 Å². The molecule has 1 fully saturated rings. The number of sulfonamides is 1. The second kappa shape index (κ2) is 8.42. The number of hydrogen-bond donors (Lipinski definition) is 1. The Morgan fingerprint density at radius 1 is 0.963 bits per heavy atom. The van der Waals surface area contributed by atoms with E-state index < -0.39 is 15.3 Å². The Kier molecular flexibility index (Phi) is 6.19. The van der Waals surface area contributed by atoms with Crippen LogP contribution in [0.25, 0.3) is 0 Å². The fourth-order valence-corrected chi connectivity index (χ4v) is 3.97. The summed E-state index contributed by atoms with van der Waals surface area (Å²) in [5, 5.41) is -0.488. The summed E-state index contributed by atoms with van der Waals surface area (Å²) in [5.41, 5.74) is 2.46. The SMILES string of the molecule is CC(c1ccccc1)c1ccc(OC2COCC2NS(=O)(=O)C(C)C)cc1. The Morgan fingerprint density at radius 2 is 1.59 bits per heavy atom. The molecule has 3 rings (SSSR count). The number of ether oxygens (including phenoxy) is 2. The predicted octanol–water partition coefficient (Wildman–Crippen LogP) is 3.31. The third-order valence-corrected chi connectivity index (χ3v) is 6.80. The highest BCUT2D eigenvalue weighted by Gasteiger charge is 2.34. The van der Waals surface area contributed by atoms with Gasteiger partial charge in [-0.3, -0.25) is 0 Å². The molecule has 3 unspecified atom stereocenters. The molecule has 1 N–H and O–H groups in total. The van der Waals surface area contributed by atoms with Crippen molar-refractivity contribution in [1.29, 1.82) is 0 Å². The maximum absolute atomic E-state index is 12.1. The summed E-state index contributed by atoms with van der Waals surface area (Å²) >= 11 is 0. The fourth-order valence-electron chi connectivity index (χ4n) is 3.05. The lowest BCUT2D eigenvalue weighted by atomic mass is 9.93. The maximum atomic E-state index is 12.1. The molecule has 2 aromatic carbocycles. The maximum Gasteiger partial charge on any atom is 0.214 e. The molecular formula is C21H27NO4S. The van der Waals surface area contributed by atoms with Gasteiger partial charge in [0.1, 0.15) is 11.9 Å². The standard InChI is InChI=1S/C21H27NO4S/c1-15(2)27(23,24)22-20-13-25-14-21(20)26-19-11-9-18(10-12-19)16(3)17-7-5-4-6-8-17/h4-12,15-16,20-22H,13-14H2,1-3H3. The van der Waals surface area contributed by atoms with E-state index in [-0.39, 0.29) is 12.1 Å². The van der Waals surface area contributed by atoms with Gasteiger partial charge >= 0.3 is 0 Å². The van der Waals surface area contributed by atoms with Crippen LogP contribution in [-0.2, 0) is 14.8 Å². The smallest absolute Gasteiger partial charge is 0.214 e. The molecule has 1 aliphatic heterocycles. The third kappa shape index (κ3) is 4.89. The lowest BCUT2D eigenvalue weighted by molar-refractivity contribution is 0.140. The van der Waals surface area contributed by atoms with E-state index in [0.29, 0.717) is 24.9 Å². The molecule has 1 saturated heterocycles. The summed E-state index contributed by atoms with van der Waals surface area (Å²) in [4.78, 5) is 0. The molecule has 0 radical (unpaired) electrons. The molecular weight excluding hydrogens is 362 g/mol. The molecule has 0 aliphatic carbocycles. The first-order valence-corrected chi connectivity index (χ1v) is 10.8. The van der Waals surface area contributed by atoms with Crippen molar-refractivity contribution < 1.29 is 17.9 Å². The van der Waals surface area contributed by atoms with E-state index in [0.717, 1.165) is 0 Å². The minimum Gasteiger partial charge on any atom is -0.486 e. The van der Waals surface area contributed by atoms with Gasteiger partial charge in [0.2, 0.25) is 10.0 Å². The van der Waals surface area contributed by atoms with Crippen LogP contribution >= 0.6 is 0 Å². The Hall–Kier alpha value is -1.89. The number of rotatable bonds is 7. The normalized spacial score (nSPS) is 21.3. The van der Waals surface area contributed by atoms with E-state index in [4.69, 9.17) is 9.47 Å². The van der Waals surface area contributed by atoms with Crippen LogP contribution in [0.3, 0.4) is 0 Å². The number of nitrogens with one attached hydrogen (secondary N) is 1. The monoisotopic (exact) mass is 389 g/mol. The molecule has 0 bridgehead atoms. The zero-order chi connectivity index (χ0) is 19.4. The van der Waals surface area contributed by atoms with Crippen LogP contribution in [0.4, 0.5) is 0 Å². The summed E-state index contributed by atoms with van der Waals surface area (Å²) in [6, 6.07) is 17.9. The highest BCUT2D eigenvalue weighted by Crippen LogP contribution is 2.26. The molecule has 3 atom stereocenters. The van der Waals surface area contributed by atoms with Crippen molar-refractivity contribution in [1.82, 2.24) is 4.72 Å². The zero-order valence-corrected chi connectivity index (χ0v) is 16.8. The first kappa shape index (κ1) is 19.9. The van der Waals surface area contributed by atoms with Crippen molar-refractivity contribution in [3.8, 4) is 5.75 Å². The molecule has 5 nitrogen and oxygen atoms in total. The van der Waals surface area contributed by atoms with Gasteiger partial charge in [-0.25, -0.2) is 13.1 Å². The van der Waals surface area contributed by atoms with Crippen LogP contribution in [0.1, 0.15) is 37.8 Å². The van der Waals surface area contributed by atoms with E-state index in [1.54, 1.807) is 13.8 Å². The molecule has 2 aromatic rings. The Morgan fingerprint density at radius 3 is 2.22 bits per heavy atom. The number of hydrogen-bond acceptors (Lipinski definition) is 4. The molecule has 0 amide bonds. The highest BCUT2D eigenvalue weighted by molar-refractivity contribution is 7.90. The van der Waals surface area contributed by atoms with Gasteiger partial charge in [-0.05, 0) is 37.1 Å². The topological polar surface area (TPSA) is 64.6 Å². The van der Waals surface area contributed by atoms with Crippen LogP contribution in [0, 0.1) is 0 Å². The Balaban J connectivity index is 1.65. The summed E-state index contributed by atoms with van der Waals surface area (Å²) in [6.45, 7) is 6.17. The molecule has 0 saturated carbocycles. The summed E-state index contributed by atoms with van der Waals surface area (Å²) in [6.07, 6.45) is -0.337. The van der Waals surface area contributed by atoms with Gasteiger partial charge in [0.05, 0.1) is 24.5 Å².